The molecule has 0 saturated carbocycles. The van der Waals surface area contributed by atoms with Gasteiger partial charge < -0.3 is 20.1 Å². The summed E-state index contributed by atoms with van der Waals surface area (Å²) in [5.41, 5.74) is 0.188. The third-order valence-corrected chi connectivity index (χ3v) is 5.13. The average molecular weight is 422 g/mol. The van der Waals surface area contributed by atoms with Crippen molar-refractivity contribution in [2.45, 2.75) is 38.1 Å². The summed E-state index contributed by atoms with van der Waals surface area (Å²) in [6.45, 7) is 0.748. The Labute approximate surface area is 173 Å². The Kier molecular flexibility index (Phi) is 7.20. The topological polar surface area (TPSA) is 61.8 Å². The second-order valence-corrected chi connectivity index (χ2v) is 7.25. The Hall–Kier alpha value is -2.74. The van der Waals surface area contributed by atoms with Crippen molar-refractivity contribution in [1.82, 2.24) is 10.2 Å². The molecule has 0 radical (unpaired) electrons. The van der Waals surface area contributed by atoms with Gasteiger partial charge in [-0.3, -0.25) is 4.79 Å². The molecule has 0 atom stereocenters. The van der Waals surface area contributed by atoms with Crippen LogP contribution >= 0.6 is 0 Å². The van der Waals surface area contributed by atoms with Crippen LogP contribution in [0.25, 0.3) is 0 Å². The molecule has 1 aliphatic heterocycles. The number of nitrogens with zero attached hydrogens (tertiary/aromatic N) is 1. The molecule has 0 bridgehead atoms. The molecule has 162 valence electrons. The molecule has 0 unspecified atom stereocenters. The van der Waals surface area contributed by atoms with Gasteiger partial charge in [0.05, 0.1) is 12.2 Å². The standard InChI is InChI=1S/C22H25F3N2O3/c23-22(24,25)19-4-2-1-3-5-20(19)26-17-10-12-27(13-11-17)21(29)15-30-18-8-6-16(14-28)7-9-18/h1,3-9,17,26,28H,2,10-15H2. The van der Waals surface area contributed by atoms with E-state index in [4.69, 9.17) is 9.84 Å². The zero-order valence-corrected chi connectivity index (χ0v) is 16.5. The van der Waals surface area contributed by atoms with Crippen LogP contribution in [-0.4, -0.2) is 47.8 Å². The van der Waals surface area contributed by atoms with Gasteiger partial charge in [-0.15, -0.1) is 0 Å². The van der Waals surface area contributed by atoms with Gasteiger partial charge in [-0.1, -0.05) is 30.4 Å². The number of amides is 1. The smallest absolute Gasteiger partial charge is 0.418 e. The first kappa shape index (κ1) is 22.0. The van der Waals surface area contributed by atoms with Crippen molar-refractivity contribution in [1.29, 1.82) is 0 Å². The van der Waals surface area contributed by atoms with Crippen molar-refractivity contribution in [2.75, 3.05) is 19.7 Å². The number of ether oxygens (including phenoxy) is 1. The number of piperidine rings is 1. The Balaban J connectivity index is 1.48. The summed E-state index contributed by atoms with van der Waals surface area (Å²) in [6.07, 6.45) is 2.90. The van der Waals surface area contributed by atoms with E-state index in [0.717, 1.165) is 5.56 Å². The predicted octanol–water partition coefficient (Wildman–Crippen LogP) is 3.47. The lowest BCUT2D eigenvalue weighted by molar-refractivity contribution is -0.134. The summed E-state index contributed by atoms with van der Waals surface area (Å²) >= 11 is 0. The molecular formula is C22H25F3N2O3. The third-order valence-electron chi connectivity index (χ3n) is 5.13. The number of hydrogen-bond acceptors (Lipinski definition) is 4. The minimum atomic E-state index is -4.41. The van der Waals surface area contributed by atoms with Gasteiger partial charge in [0.15, 0.2) is 6.61 Å². The van der Waals surface area contributed by atoms with Crippen LogP contribution in [0.2, 0.25) is 0 Å². The molecule has 30 heavy (non-hydrogen) atoms. The molecule has 5 nitrogen and oxygen atoms in total. The molecule has 3 rings (SSSR count). The van der Waals surface area contributed by atoms with Gasteiger partial charge in [0, 0.05) is 24.8 Å². The summed E-state index contributed by atoms with van der Waals surface area (Å²) in [5.74, 6) is 0.379. The SMILES string of the molecule is O=C(COc1ccc(CO)cc1)N1CCC(NC2=CC=CCC=C2C(F)(F)F)CC1. The Bertz CT molecular complexity index is 821. The lowest BCUT2D eigenvalue weighted by atomic mass is 10.0. The summed E-state index contributed by atoms with van der Waals surface area (Å²) < 4.78 is 45.4. The number of aliphatic hydroxyl groups is 1. The van der Waals surface area contributed by atoms with Gasteiger partial charge in [-0.2, -0.15) is 13.2 Å². The van der Waals surface area contributed by atoms with E-state index < -0.39 is 11.7 Å². The summed E-state index contributed by atoms with van der Waals surface area (Å²) in [4.78, 5) is 14.1. The molecule has 1 aromatic carbocycles. The number of nitrogens with one attached hydrogen (secondary N) is 1. The van der Waals surface area contributed by atoms with E-state index in [2.05, 4.69) is 5.32 Å². The number of alkyl halides is 3. The fourth-order valence-electron chi connectivity index (χ4n) is 3.44. The van der Waals surface area contributed by atoms with Gasteiger partial charge in [-0.05, 0) is 43.0 Å². The van der Waals surface area contributed by atoms with Crippen LogP contribution in [0.3, 0.4) is 0 Å². The van der Waals surface area contributed by atoms with E-state index in [-0.39, 0.29) is 37.3 Å². The second-order valence-electron chi connectivity index (χ2n) is 7.25. The zero-order chi connectivity index (χ0) is 21.6. The van der Waals surface area contributed by atoms with Crippen molar-refractivity contribution in [3.05, 3.63) is 65.4 Å². The summed E-state index contributed by atoms with van der Waals surface area (Å²) in [5, 5.41) is 12.1. The maximum absolute atomic E-state index is 13.3. The van der Waals surface area contributed by atoms with Crippen LogP contribution in [-0.2, 0) is 11.4 Å². The van der Waals surface area contributed by atoms with Gasteiger partial charge >= 0.3 is 6.18 Å². The molecule has 2 aliphatic rings. The van der Waals surface area contributed by atoms with Gasteiger partial charge in [-0.25, -0.2) is 0 Å². The van der Waals surface area contributed by atoms with Crippen LogP contribution in [0.5, 0.6) is 5.75 Å². The fourth-order valence-corrected chi connectivity index (χ4v) is 3.44. The van der Waals surface area contributed by atoms with Gasteiger partial charge in [0.1, 0.15) is 5.75 Å². The first-order valence-corrected chi connectivity index (χ1v) is 9.88. The number of carbonyl (C=O) groups is 1. The quantitative estimate of drug-likeness (QED) is 0.737. The first-order chi connectivity index (χ1) is 14.4. The van der Waals surface area contributed by atoms with E-state index in [0.29, 0.717) is 31.7 Å². The number of carbonyl (C=O) groups excluding carboxylic acids is 1. The number of benzene rings is 1. The lowest BCUT2D eigenvalue weighted by Gasteiger charge is -2.33. The molecule has 1 amide bonds. The highest BCUT2D eigenvalue weighted by Crippen LogP contribution is 2.32. The highest BCUT2D eigenvalue weighted by atomic mass is 19.4. The molecule has 1 heterocycles. The van der Waals surface area contributed by atoms with Crippen molar-refractivity contribution < 1.29 is 27.8 Å². The van der Waals surface area contributed by atoms with Crippen molar-refractivity contribution in [3.8, 4) is 5.75 Å². The maximum atomic E-state index is 13.3. The highest BCUT2D eigenvalue weighted by Gasteiger charge is 2.37. The van der Waals surface area contributed by atoms with E-state index >= 15 is 0 Å². The summed E-state index contributed by atoms with van der Waals surface area (Å²) in [6, 6.07) is 6.69. The van der Waals surface area contributed by atoms with Crippen LogP contribution in [0, 0.1) is 0 Å². The number of likely N-dealkylation sites (tertiary alicyclic amines) is 1. The van der Waals surface area contributed by atoms with E-state index in [1.54, 1.807) is 41.3 Å². The Morgan fingerprint density at radius 3 is 2.53 bits per heavy atom. The van der Waals surface area contributed by atoms with Crippen molar-refractivity contribution >= 4 is 5.91 Å². The molecule has 1 fully saturated rings. The molecule has 1 saturated heterocycles. The van der Waals surface area contributed by atoms with E-state index in [1.165, 1.54) is 12.2 Å². The number of hydrogen-bond donors (Lipinski definition) is 2. The van der Waals surface area contributed by atoms with Crippen LogP contribution < -0.4 is 10.1 Å². The van der Waals surface area contributed by atoms with Crippen molar-refractivity contribution in [2.24, 2.45) is 0 Å². The number of halogens is 3. The first-order valence-electron chi connectivity index (χ1n) is 9.88. The lowest BCUT2D eigenvalue weighted by Crippen LogP contribution is -2.46. The molecule has 2 N–H and O–H groups in total. The van der Waals surface area contributed by atoms with Gasteiger partial charge in [0.25, 0.3) is 5.91 Å². The molecule has 0 aromatic heterocycles. The Morgan fingerprint density at radius 1 is 1.20 bits per heavy atom. The molecular weight excluding hydrogens is 397 g/mol. The largest absolute Gasteiger partial charge is 0.484 e. The normalized spacial score (nSPS) is 17.8. The number of aliphatic hydroxyl groups excluding tert-OH is 1. The van der Waals surface area contributed by atoms with Crippen LogP contribution in [0.15, 0.2) is 59.8 Å². The monoisotopic (exact) mass is 422 g/mol. The minimum Gasteiger partial charge on any atom is -0.484 e. The second kappa shape index (κ2) is 9.84. The summed E-state index contributed by atoms with van der Waals surface area (Å²) in [7, 11) is 0. The minimum absolute atomic E-state index is 0.0599. The molecule has 8 heteroatoms. The molecule has 0 spiro atoms. The molecule has 1 aromatic rings. The maximum Gasteiger partial charge on any atom is 0.418 e. The predicted molar refractivity (Wildman–Crippen MR) is 107 cm³/mol. The third kappa shape index (κ3) is 5.89. The van der Waals surface area contributed by atoms with E-state index in [9.17, 15) is 18.0 Å². The highest BCUT2D eigenvalue weighted by molar-refractivity contribution is 5.77. The van der Waals surface area contributed by atoms with E-state index in [1.807, 2.05) is 0 Å². The average Bonchev–Trinajstić information content (AvgIpc) is 2.98. The van der Waals surface area contributed by atoms with Gasteiger partial charge in [0.2, 0.25) is 0 Å². The number of allylic oxidation sites excluding steroid dienone is 5. The fraction of sp³-hybridized carbons (Fsp3) is 0.409. The van der Waals surface area contributed by atoms with Crippen LogP contribution in [0.1, 0.15) is 24.8 Å². The molecule has 1 aliphatic carbocycles. The van der Waals surface area contributed by atoms with Crippen molar-refractivity contribution in [3.63, 3.8) is 0 Å². The van der Waals surface area contributed by atoms with Crippen LogP contribution in [0.4, 0.5) is 13.2 Å². The number of rotatable bonds is 6. The Morgan fingerprint density at radius 2 is 1.90 bits per heavy atom. The zero-order valence-electron chi connectivity index (χ0n) is 16.5.